The van der Waals surface area contributed by atoms with E-state index in [0.29, 0.717) is 5.69 Å². The lowest BCUT2D eigenvalue weighted by atomic mass is 10.2. The number of hydrogen-bond acceptors (Lipinski definition) is 4. The third kappa shape index (κ3) is 2.91. The molecule has 0 aliphatic rings. The Morgan fingerprint density at radius 3 is 2.62 bits per heavy atom. The average molecular weight is 317 g/mol. The summed E-state index contributed by atoms with van der Waals surface area (Å²) in [6.07, 6.45) is 1.77. The summed E-state index contributed by atoms with van der Waals surface area (Å²) in [4.78, 5) is 6.54. The monoisotopic (exact) mass is 316 g/mol. The van der Waals surface area contributed by atoms with Crippen molar-refractivity contribution < 1.29 is 4.74 Å². The van der Waals surface area contributed by atoms with Gasteiger partial charge in [-0.2, -0.15) is 0 Å². The number of rotatable bonds is 3. The van der Waals surface area contributed by atoms with Crippen LogP contribution < -0.4 is 10.5 Å². The van der Waals surface area contributed by atoms with E-state index in [2.05, 4.69) is 4.98 Å². The molecule has 106 valence electrons. The molecule has 2 aromatic carbocycles. The molecule has 0 unspecified atom stereocenters. The first-order valence-corrected chi connectivity index (χ1v) is 7.52. The standard InChI is InChI=1S/C16H13ClN2OS/c1-20-11-8-13-15(6-7-19-16(13)14(18)9-11)21-12-4-2-10(17)3-5-12/h2-9H,18H2,1H3. The van der Waals surface area contributed by atoms with Gasteiger partial charge in [0.2, 0.25) is 0 Å². The van der Waals surface area contributed by atoms with Crippen LogP contribution in [0.25, 0.3) is 10.9 Å². The topological polar surface area (TPSA) is 48.1 Å². The first-order chi connectivity index (χ1) is 10.2. The minimum absolute atomic E-state index is 0.614. The summed E-state index contributed by atoms with van der Waals surface area (Å²) in [5.74, 6) is 0.728. The molecule has 0 bridgehead atoms. The molecule has 0 aliphatic carbocycles. The molecule has 0 amide bonds. The molecule has 21 heavy (non-hydrogen) atoms. The Morgan fingerprint density at radius 2 is 1.90 bits per heavy atom. The molecule has 1 aromatic heterocycles. The number of nitrogens with two attached hydrogens (primary N) is 1. The number of aromatic nitrogens is 1. The number of nitrogens with zero attached hydrogens (tertiary/aromatic N) is 1. The molecule has 0 aliphatic heterocycles. The fourth-order valence-corrected chi connectivity index (χ4v) is 3.11. The summed E-state index contributed by atoms with van der Waals surface area (Å²) < 4.78 is 5.29. The van der Waals surface area contributed by atoms with Gasteiger partial charge in [0.25, 0.3) is 0 Å². The van der Waals surface area contributed by atoms with E-state index in [0.717, 1.165) is 31.5 Å². The minimum atomic E-state index is 0.614. The number of ether oxygens (including phenoxy) is 1. The van der Waals surface area contributed by atoms with Gasteiger partial charge in [0.05, 0.1) is 18.3 Å². The van der Waals surface area contributed by atoms with Crippen molar-refractivity contribution in [3.63, 3.8) is 0 Å². The number of anilines is 1. The van der Waals surface area contributed by atoms with Crippen LogP contribution in [0.5, 0.6) is 5.75 Å². The normalized spacial score (nSPS) is 10.8. The lowest BCUT2D eigenvalue weighted by Crippen LogP contribution is -1.93. The minimum Gasteiger partial charge on any atom is -0.497 e. The smallest absolute Gasteiger partial charge is 0.121 e. The van der Waals surface area contributed by atoms with Gasteiger partial charge in [-0.25, -0.2) is 0 Å². The maximum absolute atomic E-state index is 6.05. The van der Waals surface area contributed by atoms with Crippen LogP contribution in [-0.4, -0.2) is 12.1 Å². The maximum atomic E-state index is 6.05. The van der Waals surface area contributed by atoms with Crippen LogP contribution in [0.4, 0.5) is 5.69 Å². The van der Waals surface area contributed by atoms with Crippen LogP contribution in [0.3, 0.4) is 0 Å². The summed E-state index contributed by atoms with van der Waals surface area (Å²) in [6.45, 7) is 0. The van der Waals surface area contributed by atoms with Crippen molar-refractivity contribution in [2.24, 2.45) is 0 Å². The zero-order valence-electron chi connectivity index (χ0n) is 11.3. The zero-order valence-corrected chi connectivity index (χ0v) is 12.9. The largest absolute Gasteiger partial charge is 0.497 e. The van der Waals surface area contributed by atoms with E-state index in [1.807, 2.05) is 36.4 Å². The predicted octanol–water partition coefficient (Wildman–Crippen LogP) is 4.63. The van der Waals surface area contributed by atoms with E-state index in [-0.39, 0.29) is 0 Å². The average Bonchev–Trinajstić information content (AvgIpc) is 2.50. The highest BCUT2D eigenvalue weighted by atomic mass is 35.5. The van der Waals surface area contributed by atoms with Crippen molar-refractivity contribution >= 4 is 40.0 Å². The van der Waals surface area contributed by atoms with E-state index >= 15 is 0 Å². The molecule has 0 atom stereocenters. The molecule has 3 aromatic rings. The molecule has 3 nitrogen and oxygen atoms in total. The van der Waals surface area contributed by atoms with Gasteiger partial charge in [0.15, 0.2) is 0 Å². The second-order valence-corrected chi connectivity index (χ2v) is 6.03. The van der Waals surface area contributed by atoms with Crippen LogP contribution in [0.15, 0.2) is 58.5 Å². The van der Waals surface area contributed by atoms with Crippen molar-refractivity contribution in [1.29, 1.82) is 0 Å². The zero-order chi connectivity index (χ0) is 14.8. The Kier molecular flexibility index (Phi) is 3.90. The first-order valence-electron chi connectivity index (χ1n) is 6.33. The van der Waals surface area contributed by atoms with E-state index < -0.39 is 0 Å². The number of pyridine rings is 1. The highest BCUT2D eigenvalue weighted by Crippen LogP contribution is 2.36. The highest BCUT2D eigenvalue weighted by Gasteiger charge is 2.09. The van der Waals surface area contributed by atoms with Gasteiger partial charge in [0, 0.05) is 32.5 Å². The number of hydrogen-bond donors (Lipinski definition) is 1. The third-order valence-electron chi connectivity index (χ3n) is 3.09. The van der Waals surface area contributed by atoms with Gasteiger partial charge in [-0.05, 0) is 36.4 Å². The number of halogens is 1. The van der Waals surface area contributed by atoms with Crippen molar-refractivity contribution in [2.75, 3.05) is 12.8 Å². The SMILES string of the molecule is COc1cc(N)c2nccc(Sc3ccc(Cl)cc3)c2c1. The van der Waals surface area contributed by atoms with Crippen LogP contribution in [0.1, 0.15) is 0 Å². The summed E-state index contributed by atoms with van der Waals surface area (Å²) in [5.41, 5.74) is 7.45. The number of methoxy groups -OCH3 is 1. The molecule has 1 heterocycles. The number of nitrogen functional groups attached to an aromatic ring is 1. The van der Waals surface area contributed by atoms with Gasteiger partial charge in [0.1, 0.15) is 5.75 Å². The van der Waals surface area contributed by atoms with E-state index in [1.165, 1.54) is 0 Å². The molecular weight excluding hydrogens is 304 g/mol. The predicted molar refractivity (Wildman–Crippen MR) is 88.3 cm³/mol. The molecule has 0 saturated carbocycles. The maximum Gasteiger partial charge on any atom is 0.121 e. The molecular formula is C16H13ClN2OS. The summed E-state index contributed by atoms with van der Waals surface area (Å²) in [6, 6.07) is 13.4. The van der Waals surface area contributed by atoms with Gasteiger partial charge in [-0.1, -0.05) is 23.4 Å². The summed E-state index contributed by atoms with van der Waals surface area (Å²) in [5, 5.41) is 1.71. The van der Waals surface area contributed by atoms with E-state index in [4.69, 9.17) is 22.1 Å². The van der Waals surface area contributed by atoms with Crippen molar-refractivity contribution in [3.05, 3.63) is 53.7 Å². The Hall–Kier alpha value is -1.91. The van der Waals surface area contributed by atoms with Crippen molar-refractivity contribution in [3.8, 4) is 5.75 Å². The molecule has 0 saturated heterocycles. The highest BCUT2D eigenvalue weighted by molar-refractivity contribution is 7.99. The fraction of sp³-hybridized carbons (Fsp3) is 0.0625. The van der Waals surface area contributed by atoms with Gasteiger partial charge in [-0.15, -0.1) is 0 Å². The van der Waals surface area contributed by atoms with Gasteiger partial charge < -0.3 is 10.5 Å². The number of fused-ring (bicyclic) bond motifs is 1. The van der Waals surface area contributed by atoms with Crippen LogP contribution in [0, 0.1) is 0 Å². The van der Waals surface area contributed by atoms with Crippen LogP contribution in [-0.2, 0) is 0 Å². The quantitative estimate of drug-likeness (QED) is 0.716. The second kappa shape index (κ2) is 5.84. The lowest BCUT2D eigenvalue weighted by molar-refractivity contribution is 0.415. The number of benzene rings is 2. The van der Waals surface area contributed by atoms with E-state index in [9.17, 15) is 0 Å². The summed E-state index contributed by atoms with van der Waals surface area (Å²) in [7, 11) is 1.63. The molecule has 0 fully saturated rings. The third-order valence-corrected chi connectivity index (χ3v) is 4.42. The molecule has 5 heteroatoms. The van der Waals surface area contributed by atoms with Gasteiger partial charge >= 0.3 is 0 Å². The molecule has 2 N–H and O–H groups in total. The Balaban J connectivity index is 2.09. The van der Waals surface area contributed by atoms with Crippen LogP contribution >= 0.6 is 23.4 Å². The molecule has 0 spiro atoms. The Morgan fingerprint density at radius 1 is 1.14 bits per heavy atom. The first kappa shape index (κ1) is 14.0. The second-order valence-electron chi connectivity index (χ2n) is 4.48. The van der Waals surface area contributed by atoms with Crippen molar-refractivity contribution in [2.45, 2.75) is 9.79 Å². The van der Waals surface area contributed by atoms with Crippen LogP contribution in [0.2, 0.25) is 5.02 Å². The molecule has 3 rings (SSSR count). The Labute approximate surface area is 132 Å². The van der Waals surface area contributed by atoms with Gasteiger partial charge in [-0.3, -0.25) is 4.98 Å². The van der Waals surface area contributed by atoms with E-state index in [1.54, 1.807) is 31.1 Å². The molecule has 0 radical (unpaired) electrons. The fourth-order valence-electron chi connectivity index (χ4n) is 2.07. The Bertz CT molecular complexity index is 790. The van der Waals surface area contributed by atoms with Crippen molar-refractivity contribution in [1.82, 2.24) is 4.98 Å². The lowest BCUT2D eigenvalue weighted by Gasteiger charge is -2.09. The summed E-state index contributed by atoms with van der Waals surface area (Å²) >= 11 is 7.56.